The van der Waals surface area contributed by atoms with Crippen molar-refractivity contribution < 1.29 is 4.79 Å². The number of urea groups is 1. The molecule has 1 aliphatic heterocycles. The van der Waals surface area contributed by atoms with Gasteiger partial charge in [0, 0.05) is 19.3 Å². The van der Waals surface area contributed by atoms with Crippen LogP contribution in [0.1, 0.15) is 38.4 Å². The van der Waals surface area contributed by atoms with Gasteiger partial charge < -0.3 is 10.2 Å². The molecule has 1 saturated heterocycles. The first kappa shape index (κ1) is 12.9. The van der Waals surface area contributed by atoms with Crippen molar-refractivity contribution in [3.05, 3.63) is 30.1 Å². The molecule has 1 aromatic rings. The SMILES string of the molecule is CC1CCCN(C(=O)NC(C)c2ccccn2)C1. The summed E-state index contributed by atoms with van der Waals surface area (Å²) in [6.45, 7) is 5.89. The number of piperidine rings is 1. The molecule has 0 bridgehead atoms. The van der Waals surface area contributed by atoms with Crippen molar-refractivity contribution in [3.63, 3.8) is 0 Å². The van der Waals surface area contributed by atoms with E-state index >= 15 is 0 Å². The second-order valence-corrected chi connectivity index (χ2v) is 5.12. The van der Waals surface area contributed by atoms with Crippen molar-refractivity contribution in [3.8, 4) is 0 Å². The highest BCUT2D eigenvalue weighted by Crippen LogP contribution is 2.16. The van der Waals surface area contributed by atoms with Gasteiger partial charge in [-0.25, -0.2) is 4.79 Å². The summed E-state index contributed by atoms with van der Waals surface area (Å²) in [5.41, 5.74) is 0.899. The van der Waals surface area contributed by atoms with Crippen LogP contribution in [0.2, 0.25) is 0 Å². The average Bonchev–Trinajstić information content (AvgIpc) is 2.39. The van der Waals surface area contributed by atoms with E-state index in [1.807, 2.05) is 30.0 Å². The maximum atomic E-state index is 12.1. The molecule has 2 unspecified atom stereocenters. The molecule has 0 saturated carbocycles. The molecule has 1 aromatic heterocycles. The molecule has 0 aromatic carbocycles. The van der Waals surface area contributed by atoms with Gasteiger partial charge in [0.2, 0.25) is 0 Å². The Morgan fingerprint density at radius 1 is 1.56 bits per heavy atom. The number of pyridine rings is 1. The van der Waals surface area contributed by atoms with E-state index in [-0.39, 0.29) is 12.1 Å². The van der Waals surface area contributed by atoms with Crippen LogP contribution in [-0.4, -0.2) is 29.0 Å². The third kappa shape index (κ3) is 3.22. The van der Waals surface area contributed by atoms with Crippen molar-refractivity contribution in [1.29, 1.82) is 0 Å². The Kier molecular flexibility index (Phi) is 4.18. The lowest BCUT2D eigenvalue weighted by molar-refractivity contribution is 0.167. The number of carbonyl (C=O) groups excluding carboxylic acids is 1. The summed E-state index contributed by atoms with van der Waals surface area (Å²) >= 11 is 0. The number of rotatable bonds is 2. The van der Waals surface area contributed by atoms with E-state index < -0.39 is 0 Å². The number of aromatic nitrogens is 1. The number of hydrogen-bond acceptors (Lipinski definition) is 2. The summed E-state index contributed by atoms with van der Waals surface area (Å²) in [6.07, 6.45) is 4.08. The summed E-state index contributed by atoms with van der Waals surface area (Å²) in [5.74, 6) is 0.606. The zero-order valence-electron chi connectivity index (χ0n) is 11.1. The predicted octanol–water partition coefficient (Wildman–Crippen LogP) is 2.58. The number of amides is 2. The largest absolute Gasteiger partial charge is 0.330 e. The molecule has 18 heavy (non-hydrogen) atoms. The molecule has 0 aliphatic carbocycles. The van der Waals surface area contributed by atoms with Crippen molar-refractivity contribution in [1.82, 2.24) is 15.2 Å². The van der Waals surface area contributed by atoms with Gasteiger partial charge >= 0.3 is 6.03 Å². The van der Waals surface area contributed by atoms with E-state index in [9.17, 15) is 4.79 Å². The van der Waals surface area contributed by atoms with Crippen LogP contribution < -0.4 is 5.32 Å². The van der Waals surface area contributed by atoms with Gasteiger partial charge in [-0.3, -0.25) is 4.98 Å². The van der Waals surface area contributed by atoms with Crippen LogP contribution in [0.5, 0.6) is 0 Å². The van der Waals surface area contributed by atoms with Crippen LogP contribution >= 0.6 is 0 Å². The summed E-state index contributed by atoms with van der Waals surface area (Å²) in [5, 5.41) is 3.01. The third-order valence-corrected chi connectivity index (χ3v) is 3.42. The first-order chi connectivity index (χ1) is 8.66. The van der Waals surface area contributed by atoms with Crippen LogP contribution in [0.25, 0.3) is 0 Å². The Morgan fingerprint density at radius 2 is 2.39 bits per heavy atom. The van der Waals surface area contributed by atoms with Gasteiger partial charge in [-0.15, -0.1) is 0 Å². The smallest absolute Gasteiger partial charge is 0.317 e. The fourth-order valence-corrected chi connectivity index (χ4v) is 2.36. The molecule has 2 rings (SSSR count). The zero-order chi connectivity index (χ0) is 13.0. The molecule has 4 nitrogen and oxygen atoms in total. The highest BCUT2D eigenvalue weighted by atomic mass is 16.2. The standard InChI is InChI=1S/C14H21N3O/c1-11-6-5-9-17(10-11)14(18)16-12(2)13-7-3-4-8-15-13/h3-4,7-8,11-12H,5-6,9-10H2,1-2H3,(H,16,18). The number of likely N-dealkylation sites (tertiary alicyclic amines) is 1. The zero-order valence-corrected chi connectivity index (χ0v) is 11.1. The van der Waals surface area contributed by atoms with Crippen molar-refractivity contribution in [2.75, 3.05) is 13.1 Å². The first-order valence-electron chi connectivity index (χ1n) is 6.63. The topological polar surface area (TPSA) is 45.2 Å². The molecule has 2 heterocycles. The maximum Gasteiger partial charge on any atom is 0.317 e. The van der Waals surface area contributed by atoms with Gasteiger partial charge in [0.1, 0.15) is 0 Å². The molecule has 1 N–H and O–H groups in total. The number of nitrogens with one attached hydrogen (secondary N) is 1. The van der Waals surface area contributed by atoms with Gasteiger partial charge in [-0.2, -0.15) is 0 Å². The Balaban J connectivity index is 1.91. The van der Waals surface area contributed by atoms with E-state index in [1.165, 1.54) is 6.42 Å². The minimum absolute atomic E-state index is 0.0275. The van der Waals surface area contributed by atoms with E-state index in [1.54, 1.807) is 6.20 Å². The van der Waals surface area contributed by atoms with Crippen molar-refractivity contribution >= 4 is 6.03 Å². The van der Waals surface area contributed by atoms with Crippen molar-refractivity contribution in [2.45, 2.75) is 32.7 Å². The number of carbonyl (C=O) groups is 1. The summed E-state index contributed by atoms with van der Waals surface area (Å²) in [6, 6.07) is 5.73. The summed E-state index contributed by atoms with van der Waals surface area (Å²) in [7, 11) is 0. The number of nitrogens with zero attached hydrogens (tertiary/aromatic N) is 2. The molecule has 98 valence electrons. The normalized spacial score (nSPS) is 21.4. The van der Waals surface area contributed by atoms with Gasteiger partial charge in [-0.1, -0.05) is 13.0 Å². The molecule has 1 aliphatic rings. The van der Waals surface area contributed by atoms with Gasteiger partial charge in [-0.05, 0) is 37.8 Å². The number of hydrogen-bond donors (Lipinski definition) is 1. The van der Waals surface area contributed by atoms with E-state index in [4.69, 9.17) is 0 Å². The van der Waals surface area contributed by atoms with Crippen LogP contribution in [-0.2, 0) is 0 Å². The van der Waals surface area contributed by atoms with Crippen molar-refractivity contribution in [2.24, 2.45) is 5.92 Å². The maximum absolute atomic E-state index is 12.1. The Bertz CT molecular complexity index is 393. The molecule has 2 amide bonds. The Labute approximate surface area is 108 Å². The first-order valence-corrected chi connectivity index (χ1v) is 6.63. The monoisotopic (exact) mass is 247 g/mol. The predicted molar refractivity (Wildman–Crippen MR) is 71.2 cm³/mol. The van der Waals surface area contributed by atoms with E-state index in [0.717, 1.165) is 25.2 Å². The second-order valence-electron chi connectivity index (χ2n) is 5.12. The highest BCUT2D eigenvalue weighted by molar-refractivity contribution is 5.74. The molecule has 0 spiro atoms. The fraction of sp³-hybridized carbons (Fsp3) is 0.571. The van der Waals surface area contributed by atoms with Gasteiger partial charge in [0.15, 0.2) is 0 Å². The van der Waals surface area contributed by atoms with Crippen LogP contribution in [0.4, 0.5) is 4.79 Å². The lowest BCUT2D eigenvalue weighted by atomic mass is 10.0. The molecular weight excluding hydrogens is 226 g/mol. The van der Waals surface area contributed by atoms with Gasteiger partial charge in [0.05, 0.1) is 11.7 Å². The molecule has 2 atom stereocenters. The third-order valence-electron chi connectivity index (χ3n) is 3.42. The second kappa shape index (κ2) is 5.85. The van der Waals surface area contributed by atoms with Crippen LogP contribution in [0.3, 0.4) is 0 Å². The van der Waals surface area contributed by atoms with Gasteiger partial charge in [0.25, 0.3) is 0 Å². The molecule has 4 heteroatoms. The Hall–Kier alpha value is -1.58. The molecular formula is C14H21N3O. The molecule has 0 radical (unpaired) electrons. The molecule has 1 fully saturated rings. The summed E-state index contributed by atoms with van der Waals surface area (Å²) in [4.78, 5) is 18.3. The quantitative estimate of drug-likeness (QED) is 0.873. The minimum Gasteiger partial charge on any atom is -0.330 e. The highest BCUT2D eigenvalue weighted by Gasteiger charge is 2.22. The lowest BCUT2D eigenvalue weighted by Gasteiger charge is -2.31. The van der Waals surface area contributed by atoms with E-state index in [0.29, 0.717) is 5.92 Å². The van der Waals surface area contributed by atoms with Crippen LogP contribution in [0, 0.1) is 5.92 Å². The summed E-state index contributed by atoms with van der Waals surface area (Å²) < 4.78 is 0. The van der Waals surface area contributed by atoms with E-state index in [2.05, 4.69) is 17.2 Å². The minimum atomic E-state index is -0.0454. The average molecular weight is 247 g/mol. The van der Waals surface area contributed by atoms with Crippen LogP contribution in [0.15, 0.2) is 24.4 Å². The lowest BCUT2D eigenvalue weighted by Crippen LogP contribution is -2.45. The Morgan fingerprint density at radius 3 is 3.06 bits per heavy atom. The fourth-order valence-electron chi connectivity index (χ4n) is 2.36.